The molecule has 2 atom stereocenters. The third-order valence-electron chi connectivity index (χ3n) is 6.28. The highest BCUT2D eigenvalue weighted by atomic mass is 79.9. The van der Waals surface area contributed by atoms with Crippen LogP contribution in [0.3, 0.4) is 0 Å². The van der Waals surface area contributed by atoms with Gasteiger partial charge < -0.3 is 4.74 Å². The van der Waals surface area contributed by atoms with Crippen molar-refractivity contribution in [1.29, 1.82) is 0 Å². The van der Waals surface area contributed by atoms with Gasteiger partial charge in [-0.15, -0.1) is 0 Å². The molecule has 2 aliphatic heterocycles. The van der Waals surface area contributed by atoms with E-state index in [0.717, 1.165) is 43.5 Å². The van der Waals surface area contributed by atoms with Crippen molar-refractivity contribution in [2.75, 3.05) is 0 Å². The molecule has 4 aromatic carbocycles. The van der Waals surface area contributed by atoms with Gasteiger partial charge in [-0.25, -0.2) is 5.01 Å². The minimum atomic E-state index is -0.506. The lowest BCUT2D eigenvalue weighted by molar-refractivity contribution is -0.384. The third kappa shape index (κ3) is 3.58. The lowest BCUT2D eigenvalue weighted by Gasteiger charge is -2.38. The van der Waals surface area contributed by atoms with Crippen LogP contribution in [0, 0.1) is 10.1 Å². The number of nitro benzene ring substituents is 1. The molecule has 2 heterocycles. The van der Waals surface area contributed by atoms with Crippen molar-refractivity contribution in [1.82, 2.24) is 5.01 Å². The van der Waals surface area contributed by atoms with Crippen LogP contribution in [0.15, 0.2) is 92.9 Å². The van der Waals surface area contributed by atoms with E-state index in [9.17, 15) is 10.1 Å². The van der Waals surface area contributed by atoms with Gasteiger partial charge in [-0.05, 0) is 62.6 Å². The number of nitro groups is 1. The molecule has 0 saturated carbocycles. The molecule has 0 aliphatic carbocycles. The number of hydrogen-bond acceptors (Lipinski definition) is 5. The number of benzene rings is 4. The van der Waals surface area contributed by atoms with Crippen molar-refractivity contribution in [3.63, 3.8) is 0 Å². The summed E-state index contributed by atoms with van der Waals surface area (Å²) < 4.78 is 8.26. The predicted octanol–water partition coefficient (Wildman–Crippen LogP) is 7.52. The molecule has 168 valence electrons. The standard InChI is InChI=1S/C26H17Br2N3O3/c27-19-12-21-24-14-23(18-6-5-15-3-1-2-4-17(15)11-18)29-30(24)26(34-25(21)22(28)13-19)16-7-9-20(10-8-16)31(32)33/h1-13,24,26H,14H2/t24-,26-/m0/s1. The Hall–Kier alpha value is -3.23. The zero-order valence-electron chi connectivity index (χ0n) is 17.7. The lowest BCUT2D eigenvalue weighted by Crippen LogP contribution is -2.33. The molecule has 0 radical (unpaired) electrons. The molecule has 2 aliphatic rings. The van der Waals surface area contributed by atoms with Crippen LogP contribution in [-0.2, 0) is 0 Å². The molecule has 0 saturated heterocycles. The normalized spacial score (nSPS) is 18.8. The van der Waals surface area contributed by atoms with E-state index in [2.05, 4.69) is 68.3 Å². The van der Waals surface area contributed by atoms with Gasteiger partial charge in [-0.3, -0.25) is 10.1 Å². The summed E-state index contributed by atoms with van der Waals surface area (Å²) in [6, 6.07) is 25.2. The van der Waals surface area contributed by atoms with Gasteiger partial charge in [0.05, 0.1) is 21.1 Å². The van der Waals surface area contributed by atoms with Gasteiger partial charge in [0, 0.05) is 34.2 Å². The van der Waals surface area contributed by atoms with Gasteiger partial charge in [0.25, 0.3) is 5.69 Å². The van der Waals surface area contributed by atoms with Crippen LogP contribution >= 0.6 is 31.9 Å². The van der Waals surface area contributed by atoms with Crippen molar-refractivity contribution in [2.24, 2.45) is 5.10 Å². The molecule has 8 heteroatoms. The van der Waals surface area contributed by atoms with Crippen LogP contribution in [0.25, 0.3) is 10.8 Å². The van der Waals surface area contributed by atoms with Crippen molar-refractivity contribution in [3.8, 4) is 5.75 Å². The van der Waals surface area contributed by atoms with Crippen molar-refractivity contribution >= 4 is 54.0 Å². The van der Waals surface area contributed by atoms with Gasteiger partial charge in [0.2, 0.25) is 6.23 Å². The summed E-state index contributed by atoms with van der Waals surface area (Å²) in [5.74, 6) is 0.766. The molecule has 6 rings (SSSR count). The van der Waals surface area contributed by atoms with Gasteiger partial charge >= 0.3 is 0 Å². The summed E-state index contributed by atoms with van der Waals surface area (Å²) in [7, 11) is 0. The van der Waals surface area contributed by atoms with E-state index in [1.54, 1.807) is 12.1 Å². The minimum Gasteiger partial charge on any atom is -0.463 e. The Bertz CT molecular complexity index is 1490. The summed E-state index contributed by atoms with van der Waals surface area (Å²) in [6.07, 6.45) is 0.217. The minimum absolute atomic E-state index is 0.0285. The average Bonchev–Trinajstić information content (AvgIpc) is 3.29. The number of fused-ring (bicyclic) bond motifs is 4. The van der Waals surface area contributed by atoms with Crippen LogP contribution in [0.4, 0.5) is 5.69 Å². The Balaban J connectivity index is 1.45. The SMILES string of the molecule is O=[N+]([O-])c1ccc([C@@H]2Oc3c(Br)cc(Br)cc3[C@@H]3CC(c4ccc5ccccc5c4)=NN32)cc1. The van der Waals surface area contributed by atoms with E-state index in [1.807, 2.05) is 23.2 Å². The molecule has 34 heavy (non-hydrogen) atoms. The van der Waals surface area contributed by atoms with Gasteiger partial charge in [0.1, 0.15) is 5.75 Å². The molecular formula is C26H17Br2N3O3. The van der Waals surface area contributed by atoms with Gasteiger partial charge in [-0.2, -0.15) is 5.10 Å². The highest BCUT2D eigenvalue weighted by molar-refractivity contribution is 9.11. The Morgan fingerprint density at radius 3 is 2.50 bits per heavy atom. The van der Waals surface area contributed by atoms with Crippen LogP contribution in [0.2, 0.25) is 0 Å². The molecule has 6 nitrogen and oxygen atoms in total. The highest BCUT2D eigenvalue weighted by Crippen LogP contribution is 2.51. The summed E-state index contributed by atoms with van der Waals surface area (Å²) in [6.45, 7) is 0. The first kappa shape index (κ1) is 21.3. The maximum Gasteiger partial charge on any atom is 0.269 e. The molecule has 0 aromatic heterocycles. The van der Waals surface area contributed by atoms with E-state index in [0.29, 0.717) is 0 Å². The van der Waals surface area contributed by atoms with Crippen LogP contribution in [-0.4, -0.2) is 15.6 Å². The second-order valence-corrected chi connectivity index (χ2v) is 10.1. The number of non-ortho nitro benzene ring substituents is 1. The number of nitrogens with zero attached hydrogens (tertiary/aromatic N) is 3. The molecule has 0 unspecified atom stereocenters. The number of ether oxygens (including phenoxy) is 1. The van der Waals surface area contributed by atoms with E-state index < -0.39 is 11.2 Å². The zero-order chi connectivity index (χ0) is 23.4. The quantitative estimate of drug-likeness (QED) is 0.186. The Morgan fingerprint density at radius 1 is 0.971 bits per heavy atom. The summed E-state index contributed by atoms with van der Waals surface area (Å²) in [5, 5.41) is 20.5. The van der Waals surface area contributed by atoms with Crippen LogP contribution < -0.4 is 4.74 Å². The van der Waals surface area contributed by atoms with E-state index in [1.165, 1.54) is 22.9 Å². The predicted molar refractivity (Wildman–Crippen MR) is 138 cm³/mol. The van der Waals surface area contributed by atoms with Gasteiger partial charge in [0.15, 0.2) is 0 Å². The summed E-state index contributed by atoms with van der Waals surface area (Å²) in [5.41, 5.74) is 3.95. The van der Waals surface area contributed by atoms with Crippen molar-refractivity contribution in [2.45, 2.75) is 18.7 Å². The first-order valence-electron chi connectivity index (χ1n) is 10.7. The van der Waals surface area contributed by atoms with E-state index in [-0.39, 0.29) is 11.7 Å². The van der Waals surface area contributed by atoms with Gasteiger partial charge in [-0.1, -0.05) is 52.3 Å². The maximum atomic E-state index is 11.1. The molecule has 0 bridgehead atoms. The number of hydrazone groups is 1. The summed E-state index contributed by atoms with van der Waals surface area (Å²) in [4.78, 5) is 10.7. The lowest BCUT2D eigenvalue weighted by atomic mass is 9.95. The topological polar surface area (TPSA) is 68.0 Å². The highest BCUT2D eigenvalue weighted by Gasteiger charge is 2.42. The maximum absolute atomic E-state index is 11.1. The molecule has 0 spiro atoms. The largest absolute Gasteiger partial charge is 0.463 e. The summed E-state index contributed by atoms with van der Waals surface area (Å²) >= 11 is 7.25. The Kier molecular flexibility index (Phi) is 5.15. The number of rotatable bonds is 3. The Labute approximate surface area is 212 Å². The first-order chi connectivity index (χ1) is 16.5. The third-order valence-corrected chi connectivity index (χ3v) is 7.33. The van der Waals surface area contributed by atoms with Crippen molar-refractivity contribution in [3.05, 3.63) is 115 Å². The molecule has 0 fully saturated rings. The first-order valence-corrected chi connectivity index (χ1v) is 12.3. The van der Waals surface area contributed by atoms with Crippen LogP contribution in [0.5, 0.6) is 5.75 Å². The average molecular weight is 579 g/mol. The zero-order valence-corrected chi connectivity index (χ0v) is 20.9. The number of halogens is 2. The van der Waals surface area contributed by atoms with E-state index in [4.69, 9.17) is 9.84 Å². The molecule has 0 N–H and O–H groups in total. The monoisotopic (exact) mass is 577 g/mol. The fourth-order valence-electron chi connectivity index (χ4n) is 4.64. The molecule has 4 aromatic rings. The second-order valence-electron chi connectivity index (χ2n) is 8.33. The number of hydrogen-bond donors (Lipinski definition) is 0. The van der Waals surface area contributed by atoms with Crippen molar-refractivity contribution < 1.29 is 9.66 Å². The second kappa shape index (κ2) is 8.21. The fraction of sp³-hybridized carbons (Fsp3) is 0.115. The van der Waals surface area contributed by atoms with E-state index >= 15 is 0 Å². The fourth-order valence-corrected chi connectivity index (χ4v) is 5.99. The molecular weight excluding hydrogens is 562 g/mol. The molecule has 0 amide bonds. The smallest absolute Gasteiger partial charge is 0.269 e. The Morgan fingerprint density at radius 2 is 1.74 bits per heavy atom. The van der Waals surface area contributed by atoms with Crippen LogP contribution in [0.1, 0.15) is 35.4 Å².